The minimum absolute atomic E-state index is 0.422. The van der Waals surface area contributed by atoms with E-state index in [0.29, 0.717) is 35.8 Å². The number of carbonyl (C=O) groups excluding carboxylic acids is 2. The van der Waals surface area contributed by atoms with Crippen LogP contribution in [0.25, 0.3) is 0 Å². The highest BCUT2D eigenvalue weighted by Gasteiger charge is 2.12. The van der Waals surface area contributed by atoms with Gasteiger partial charge in [0.15, 0.2) is 12.6 Å². The van der Waals surface area contributed by atoms with E-state index in [1.807, 2.05) is 0 Å². The van der Waals surface area contributed by atoms with E-state index in [9.17, 15) is 9.59 Å². The van der Waals surface area contributed by atoms with Crippen molar-refractivity contribution in [2.45, 2.75) is 51.4 Å². The fraction of sp³-hybridized carbons (Fsp3) is 0.600. The van der Waals surface area contributed by atoms with Gasteiger partial charge in [-0.25, -0.2) is 0 Å². The molecule has 4 nitrogen and oxygen atoms in total. The third-order valence-corrected chi connectivity index (χ3v) is 5.09. The van der Waals surface area contributed by atoms with Gasteiger partial charge in [-0.1, -0.05) is 57.5 Å². The van der Waals surface area contributed by atoms with Gasteiger partial charge in [0.2, 0.25) is 0 Å². The van der Waals surface area contributed by atoms with Crippen LogP contribution in [0.3, 0.4) is 0 Å². The predicted octanol–water partition coefficient (Wildman–Crippen LogP) is 5.98. The smallest absolute Gasteiger partial charge is 0.153 e. The zero-order chi connectivity index (χ0) is 19.0. The molecule has 0 bridgehead atoms. The van der Waals surface area contributed by atoms with Crippen LogP contribution in [0.1, 0.15) is 72.1 Å². The predicted molar refractivity (Wildman–Crippen MR) is 113 cm³/mol. The van der Waals surface area contributed by atoms with Crippen molar-refractivity contribution >= 4 is 44.4 Å². The Balaban J connectivity index is 2.56. The lowest BCUT2D eigenvalue weighted by atomic mass is 10.1. The van der Waals surface area contributed by atoms with Crippen LogP contribution >= 0.6 is 31.9 Å². The second-order valence-electron chi connectivity index (χ2n) is 6.07. The molecule has 0 saturated carbocycles. The molecule has 26 heavy (non-hydrogen) atoms. The number of hydrogen-bond donors (Lipinski definition) is 0. The van der Waals surface area contributed by atoms with Crippen molar-refractivity contribution in [3.8, 4) is 11.5 Å². The van der Waals surface area contributed by atoms with Crippen molar-refractivity contribution in [2.75, 3.05) is 23.9 Å². The van der Waals surface area contributed by atoms with Crippen molar-refractivity contribution in [2.24, 2.45) is 0 Å². The number of unbranched alkanes of at least 4 members (excludes halogenated alkanes) is 6. The topological polar surface area (TPSA) is 52.6 Å². The number of benzene rings is 1. The zero-order valence-corrected chi connectivity index (χ0v) is 18.4. The van der Waals surface area contributed by atoms with Crippen LogP contribution < -0.4 is 9.47 Å². The lowest BCUT2D eigenvalue weighted by Gasteiger charge is -2.13. The second-order valence-corrected chi connectivity index (χ2v) is 7.65. The molecule has 0 amide bonds. The summed E-state index contributed by atoms with van der Waals surface area (Å²) in [7, 11) is 0. The first kappa shape index (κ1) is 23.2. The molecule has 1 aromatic rings. The number of aldehydes is 2. The largest absolute Gasteiger partial charge is 0.493 e. The lowest BCUT2D eigenvalue weighted by Crippen LogP contribution is -2.04. The summed E-state index contributed by atoms with van der Waals surface area (Å²) in [6.07, 6.45) is 10.1. The molecule has 0 atom stereocenters. The first-order chi connectivity index (χ1) is 12.8. The van der Waals surface area contributed by atoms with E-state index in [4.69, 9.17) is 9.47 Å². The van der Waals surface area contributed by atoms with Crippen molar-refractivity contribution in [1.82, 2.24) is 0 Å². The maximum absolute atomic E-state index is 11.4. The van der Waals surface area contributed by atoms with Crippen molar-refractivity contribution < 1.29 is 19.1 Å². The lowest BCUT2D eigenvalue weighted by molar-refractivity contribution is 0.110. The van der Waals surface area contributed by atoms with Crippen molar-refractivity contribution in [3.05, 3.63) is 23.3 Å². The molecular weight excluding hydrogens is 464 g/mol. The van der Waals surface area contributed by atoms with Crippen LogP contribution in [0.4, 0.5) is 0 Å². The molecule has 0 aromatic heterocycles. The Bertz CT molecular complexity index is 487. The van der Waals surface area contributed by atoms with E-state index in [-0.39, 0.29) is 0 Å². The minimum Gasteiger partial charge on any atom is -0.493 e. The summed E-state index contributed by atoms with van der Waals surface area (Å²) in [6.45, 7) is 1.07. The summed E-state index contributed by atoms with van der Waals surface area (Å²) in [5, 5.41) is 2.04. The summed E-state index contributed by atoms with van der Waals surface area (Å²) in [5.74, 6) is 0.902. The Labute approximate surface area is 173 Å². The monoisotopic (exact) mass is 490 g/mol. The van der Waals surface area contributed by atoms with Gasteiger partial charge in [-0.2, -0.15) is 0 Å². The van der Waals surface area contributed by atoms with E-state index in [2.05, 4.69) is 31.9 Å². The SMILES string of the molecule is O=Cc1cc(OCCCCCCBr)c(C=O)cc1OCCCCCCBr. The number of hydrogen-bond acceptors (Lipinski definition) is 4. The fourth-order valence-electron chi connectivity index (χ4n) is 2.49. The van der Waals surface area contributed by atoms with Crippen LogP contribution in [0.2, 0.25) is 0 Å². The standard InChI is InChI=1S/C20H28Br2O4/c21-9-5-1-3-7-11-25-19-13-18(16-24)20(14-17(19)15-23)26-12-8-4-2-6-10-22/h13-16H,1-12H2. The van der Waals surface area contributed by atoms with Crippen LogP contribution in [0.5, 0.6) is 11.5 Å². The molecule has 0 spiro atoms. The first-order valence-electron chi connectivity index (χ1n) is 9.22. The van der Waals surface area contributed by atoms with Gasteiger partial charge in [0, 0.05) is 10.7 Å². The highest BCUT2D eigenvalue weighted by Crippen LogP contribution is 2.27. The molecule has 146 valence electrons. The van der Waals surface area contributed by atoms with E-state index >= 15 is 0 Å². The van der Waals surface area contributed by atoms with Crippen molar-refractivity contribution in [1.29, 1.82) is 0 Å². The van der Waals surface area contributed by atoms with E-state index < -0.39 is 0 Å². The van der Waals surface area contributed by atoms with E-state index in [1.54, 1.807) is 12.1 Å². The third-order valence-electron chi connectivity index (χ3n) is 3.97. The molecule has 0 fully saturated rings. The number of rotatable bonds is 16. The summed E-state index contributed by atoms with van der Waals surface area (Å²) in [4.78, 5) is 22.7. The quantitative estimate of drug-likeness (QED) is 0.162. The third kappa shape index (κ3) is 9.17. The molecule has 0 aliphatic heterocycles. The molecule has 0 radical (unpaired) electrons. The molecule has 0 saturated heterocycles. The van der Waals surface area contributed by atoms with Gasteiger partial charge in [-0.15, -0.1) is 0 Å². The molecule has 6 heteroatoms. The number of ether oxygens (including phenoxy) is 2. The molecule has 0 N–H and O–H groups in total. The maximum atomic E-state index is 11.4. The van der Waals surface area contributed by atoms with Crippen LogP contribution in [0.15, 0.2) is 12.1 Å². The van der Waals surface area contributed by atoms with Crippen molar-refractivity contribution in [3.63, 3.8) is 0 Å². The molecule has 0 heterocycles. The Hall–Kier alpha value is -0.880. The maximum Gasteiger partial charge on any atom is 0.153 e. The summed E-state index contributed by atoms with van der Waals surface area (Å²) in [5.41, 5.74) is 0.843. The fourth-order valence-corrected chi connectivity index (χ4v) is 3.28. The molecule has 0 aliphatic carbocycles. The average Bonchev–Trinajstić information content (AvgIpc) is 2.67. The van der Waals surface area contributed by atoms with Gasteiger partial charge in [-0.05, 0) is 37.8 Å². The summed E-state index contributed by atoms with van der Waals surface area (Å²) in [6, 6.07) is 3.21. The van der Waals surface area contributed by atoms with E-state index in [1.165, 1.54) is 0 Å². The Kier molecular flexibility index (Phi) is 13.5. The number of carbonyl (C=O) groups is 2. The van der Waals surface area contributed by atoms with Crippen LogP contribution in [-0.2, 0) is 0 Å². The van der Waals surface area contributed by atoms with Gasteiger partial charge in [0.1, 0.15) is 11.5 Å². The zero-order valence-electron chi connectivity index (χ0n) is 15.2. The van der Waals surface area contributed by atoms with Gasteiger partial charge < -0.3 is 9.47 Å². The Morgan fingerprint density at radius 3 is 1.38 bits per heavy atom. The molecule has 1 aromatic carbocycles. The van der Waals surface area contributed by atoms with E-state index in [0.717, 1.165) is 74.6 Å². The van der Waals surface area contributed by atoms with Gasteiger partial charge >= 0.3 is 0 Å². The highest BCUT2D eigenvalue weighted by molar-refractivity contribution is 9.09. The summed E-state index contributed by atoms with van der Waals surface area (Å²) < 4.78 is 11.4. The second kappa shape index (κ2) is 15.2. The average molecular weight is 492 g/mol. The number of alkyl halides is 2. The van der Waals surface area contributed by atoms with Crippen LogP contribution in [0, 0.1) is 0 Å². The molecule has 0 aliphatic rings. The Morgan fingerprint density at radius 1 is 0.654 bits per heavy atom. The van der Waals surface area contributed by atoms with Gasteiger partial charge in [-0.3, -0.25) is 9.59 Å². The summed E-state index contributed by atoms with van der Waals surface area (Å²) >= 11 is 6.83. The number of halogens is 2. The molecule has 1 rings (SSSR count). The minimum atomic E-state index is 0.422. The van der Waals surface area contributed by atoms with Crippen LogP contribution in [-0.4, -0.2) is 36.4 Å². The highest BCUT2D eigenvalue weighted by atomic mass is 79.9. The normalized spacial score (nSPS) is 10.5. The Morgan fingerprint density at radius 2 is 1.04 bits per heavy atom. The van der Waals surface area contributed by atoms with Gasteiger partial charge in [0.05, 0.1) is 24.3 Å². The first-order valence-corrected chi connectivity index (χ1v) is 11.5. The molecule has 0 unspecified atom stereocenters. The molecular formula is C20H28Br2O4. The van der Waals surface area contributed by atoms with Gasteiger partial charge in [0.25, 0.3) is 0 Å².